The van der Waals surface area contributed by atoms with Crippen LogP contribution in [0.15, 0.2) is 46.9 Å². The van der Waals surface area contributed by atoms with Gasteiger partial charge in [0.05, 0.1) is 10.5 Å². The first kappa shape index (κ1) is 14.2. The zero-order chi connectivity index (χ0) is 13.8. The second-order valence-corrected chi connectivity index (χ2v) is 5.38. The first-order valence-corrected chi connectivity index (χ1v) is 6.86. The molecule has 2 nitrogen and oxygen atoms in total. The molecule has 1 atom stereocenters. The predicted octanol–water partition coefficient (Wildman–Crippen LogP) is 3.64. The van der Waals surface area contributed by atoms with Crippen LogP contribution in [0, 0.1) is 12.7 Å². The summed E-state index contributed by atoms with van der Waals surface area (Å²) in [6.45, 7) is 2.06. The van der Waals surface area contributed by atoms with Crippen LogP contribution in [-0.2, 0) is 6.42 Å². The molecule has 0 amide bonds. The van der Waals surface area contributed by atoms with E-state index < -0.39 is 0 Å². The smallest absolute Gasteiger partial charge is 0.137 e. The number of aryl methyl sites for hydroxylation is 1. The minimum Gasteiger partial charge on any atom is -0.271 e. The van der Waals surface area contributed by atoms with Gasteiger partial charge in [-0.1, -0.05) is 30.3 Å². The summed E-state index contributed by atoms with van der Waals surface area (Å²) in [4.78, 5) is 0. The molecule has 1 unspecified atom stereocenters. The molecule has 3 N–H and O–H groups in total. The van der Waals surface area contributed by atoms with Crippen LogP contribution in [0.4, 0.5) is 4.39 Å². The summed E-state index contributed by atoms with van der Waals surface area (Å²) in [5.74, 6) is 5.40. The minimum absolute atomic E-state index is 0.0126. The Balaban J connectivity index is 2.24. The monoisotopic (exact) mass is 322 g/mol. The first-order chi connectivity index (χ1) is 9.11. The van der Waals surface area contributed by atoms with Crippen molar-refractivity contribution in [1.82, 2.24) is 5.43 Å². The third kappa shape index (κ3) is 3.41. The zero-order valence-corrected chi connectivity index (χ0v) is 12.2. The average molecular weight is 323 g/mol. The summed E-state index contributed by atoms with van der Waals surface area (Å²) in [5.41, 5.74) is 6.20. The highest BCUT2D eigenvalue weighted by molar-refractivity contribution is 9.10. The van der Waals surface area contributed by atoms with Gasteiger partial charge in [0.2, 0.25) is 0 Å². The second kappa shape index (κ2) is 6.28. The highest BCUT2D eigenvalue weighted by Gasteiger charge is 2.13. The Morgan fingerprint density at radius 3 is 2.63 bits per heavy atom. The van der Waals surface area contributed by atoms with Gasteiger partial charge in [0, 0.05) is 0 Å². The molecule has 2 rings (SSSR count). The molecule has 0 fully saturated rings. The third-order valence-electron chi connectivity index (χ3n) is 3.19. The van der Waals surface area contributed by atoms with E-state index in [0.717, 1.165) is 11.1 Å². The van der Waals surface area contributed by atoms with Gasteiger partial charge in [-0.3, -0.25) is 11.3 Å². The lowest BCUT2D eigenvalue weighted by Crippen LogP contribution is -2.30. The second-order valence-electron chi connectivity index (χ2n) is 4.53. The lowest BCUT2D eigenvalue weighted by molar-refractivity contribution is 0.548. The van der Waals surface area contributed by atoms with Crippen LogP contribution in [0.5, 0.6) is 0 Å². The Labute approximate surface area is 120 Å². The maximum absolute atomic E-state index is 13.2. The molecule has 2 aromatic rings. The fourth-order valence-electron chi connectivity index (χ4n) is 2.14. The Hall–Kier alpha value is -1.23. The largest absolute Gasteiger partial charge is 0.271 e. The van der Waals surface area contributed by atoms with Crippen molar-refractivity contribution in [3.8, 4) is 0 Å². The van der Waals surface area contributed by atoms with E-state index in [1.165, 1.54) is 11.6 Å². The number of hydrogen-bond acceptors (Lipinski definition) is 2. The topological polar surface area (TPSA) is 38.0 Å². The SMILES string of the molecule is Cc1ccccc1C(Cc1ccc(F)c(Br)c1)NN. The number of nitrogens with one attached hydrogen (secondary N) is 1. The van der Waals surface area contributed by atoms with Crippen molar-refractivity contribution in [2.75, 3.05) is 0 Å². The number of nitrogens with two attached hydrogens (primary N) is 1. The number of hydrogen-bond donors (Lipinski definition) is 2. The molecule has 0 aliphatic heterocycles. The molecule has 0 saturated heterocycles. The van der Waals surface area contributed by atoms with Gasteiger partial charge in [-0.2, -0.15) is 0 Å². The van der Waals surface area contributed by atoms with E-state index in [-0.39, 0.29) is 11.9 Å². The van der Waals surface area contributed by atoms with Crippen molar-refractivity contribution >= 4 is 15.9 Å². The van der Waals surface area contributed by atoms with Crippen LogP contribution < -0.4 is 11.3 Å². The van der Waals surface area contributed by atoms with Crippen molar-refractivity contribution in [2.24, 2.45) is 5.84 Å². The van der Waals surface area contributed by atoms with Gasteiger partial charge >= 0.3 is 0 Å². The molecule has 0 aromatic heterocycles. The molecule has 0 heterocycles. The summed E-state index contributed by atoms with van der Waals surface area (Å²) in [6.07, 6.45) is 0.709. The van der Waals surface area contributed by atoms with Gasteiger partial charge in [-0.15, -0.1) is 0 Å². The number of halogens is 2. The van der Waals surface area contributed by atoms with E-state index in [1.54, 1.807) is 12.1 Å². The van der Waals surface area contributed by atoms with E-state index in [9.17, 15) is 4.39 Å². The Bertz CT molecular complexity index is 572. The Morgan fingerprint density at radius 1 is 1.26 bits per heavy atom. The van der Waals surface area contributed by atoms with Crippen molar-refractivity contribution in [3.63, 3.8) is 0 Å². The van der Waals surface area contributed by atoms with E-state index >= 15 is 0 Å². The van der Waals surface area contributed by atoms with Gasteiger partial charge < -0.3 is 0 Å². The van der Waals surface area contributed by atoms with Gasteiger partial charge in [-0.05, 0) is 58.1 Å². The van der Waals surface area contributed by atoms with Crippen molar-refractivity contribution in [3.05, 3.63) is 69.4 Å². The van der Waals surface area contributed by atoms with Gasteiger partial charge in [0.25, 0.3) is 0 Å². The summed E-state index contributed by atoms with van der Waals surface area (Å²) in [6, 6.07) is 13.1. The molecule has 0 aliphatic carbocycles. The summed E-state index contributed by atoms with van der Waals surface area (Å²) in [7, 11) is 0. The van der Waals surface area contributed by atoms with Gasteiger partial charge in [-0.25, -0.2) is 4.39 Å². The van der Waals surface area contributed by atoms with E-state index in [4.69, 9.17) is 5.84 Å². The summed E-state index contributed by atoms with van der Waals surface area (Å²) in [5, 5.41) is 0. The van der Waals surface area contributed by atoms with Crippen molar-refractivity contribution in [1.29, 1.82) is 0 Å². The molecule has 0 saturated carbocycles. The molecule has 0 radical (unpaired) electrons. The summed E-state index contributed by atoms with van der Waals surface area (Å²) >= 11 is 3.20. The lowest BCUT2D eigenvalue weighted by Gasteiger charge is -2.18. The van der Waals surface area contributed by atoms with Crippen LogP contribution >= 0.6 is 15.9 Å². The number of rotatable bonds is 4. The van der Waals surface area contributed by atoms with Gasteiger partial charge in [0.15, 0.2) is 0 Å². The molecule has 4 heteroatoms. The average Bonchev–Trinajstić information content (AvgIpc) is 2.41. The summed E-state index contributed by atoms with van der Waals surface area (Å²) < 4.78 is 13.7. The molecular weight excluding hydrogens is 307 g/mol. The quantitative estimate of drug-likeness (QED) is 0.666. The number of hydrazine groups is 1. The minimum atomic E-state index is -0.253. The van der Waals surface area contributed by atoms with Crippen LogP contribution in [0.3, 0.4) is 0 Å². The number of benzene rings is 2. The maximum Gasteiger partial charge on any atom is 0.137 e. The molecule has 2 aromatic carbocycles. The third-order valence-corrected chi connectivity index (χ3v) is 3.80. The molecule has 0 spiro atoms. The zero-order valence-electron chi connectivity index (χ0n) is 10.7. The van der Waals surface area contributed by atoms with E-state index in [2.05, 4.69) is 40.4 Å². The standard InChI is InChI=1S/C15H16BrFN2/c1-10-4-2-3-5-12(10)15(19-18)9-11-6-7-14(17)13(16)8-11/h2-8,15,19H,9,18H2,1H3. The Kier molecular flexibility index (Phi) is 4.69. The van der Waals surface area contributed by atoms with Gasteiger partial charge in [0.1, 0.15) is 5.82 Å². The van der Waals surface area contributed by atoms with Crippen molar-refractivity contribution < 1.29 is 4.39 Å². The normalized spacial score (nSPS) is 12.4. The van der Waals surface area contributed by atoms with Crippen LogP contribution in [0.2, 0.25) is 0 Å². The molecule has 0 bridgehead atoms. The molecule has 0 aliphatic rings. The van der Waals surface area contributed by atoms with Crippen LogP contribution in [0.1, 0.15) is 22.7 Å². The van der Waals surface area contributed by atoms with Crippen molar-refractivity contribution in [2.45, 2.75) is 19.4 Å². The lowest BCUT2D eigenvalue weighted by atomic mass is 9.96. The fraction of sp³-hybridized carbons (Fsp3) is 0.200. The highest BCUT2D eigenvalue weighted by atomic mass is 79.9. The molecule has 100 valence electrons. The van der Waals surface area contributed by atoms with Crippen LogP contribution in [-0.4, -0.2) is 0 Å². The fourth-order valence-corrected chi connectivity index (χ4v) is 2.56. The van der Waals surface area contributed by atoms with E-state index in [0.29, 0.717) is 10.9 Å². The maximum atomic E-state index is 13.2. The Morgan fingerprint density at radius 2 is 2.00 bits per heavy atom. The molecular formula is C15H16BrFN2. The molecule has 19 heavy (non-hydrogen) atoms. The van der Waals surface area contributed by atoms with E-state index in [1.807, 2.05) is 12.1 Å². The highest BCUT2D eigenvalue weighted by Crippen LogP contribution is 2.23. The predicted molar refractivity (Wildman–Crippen MR) is 79.0 cm³/mol. The first-order valence-electron chi connectivity index (χ1n) is 6.07. The van der Waals surface area contributed by atoms with Crippen LogP contribution in [0.25, 0.3) is 0 Å².